The van der Waals surface area contributed by atoms with E-state index in [4.69, 9.17) is 4.74 Å². The molecule has 20 heavy (non-hydrogen) atoms. The Morgan fingerprint density at radius 1 is 1.30 bits per heavy atom. The van der Waals surface area contributed by atoms with Crippen molar-refractivity contribution in [2.45, 2.75) is 32.6 Å². The number of ether oxygens (including phenoxy) is 1. The van der Waals surface area contributed by atoms with Crippen LogP contribution in [0.3, 0.4) is 0 Å². The lowest BCUT2D eigenvalue weighted by molar-refractivity contribution is 0.205. The molecule has 1 aromatic carbocycles. The number of fused-ring (bicyclic) bond motifs is 1. The van der Waals surface area contributed by atoms with E-state index in [9.17, 15) is 0 Å². The van der Waals surface area contributed by atoms with Gasteiger partial charge in [-0.15, -0.1) is 0 Å². The predicted octanol–water partition coefficient (Wildman–Crippen LogP) is 3.06. The molecule has 110 valence electrons. The minimum Gasteiger partial charge on any atom is -0.491 e. The summed E-state index contributed by atoms with van der Waals surface area (Å²) in [6.07, 6.45) is 5.01. The molecular formula is C17H26N2O. The molecule has 0 aromatic heterocycles. The Morgan fingerprint density at radius 2 is 2.20 bits per heavy atom. The van der Waals surface area contributed by atoms with Crippen molar-refractivity contribution in [3.05, 3.63) is 24.3 Å². The van der Waals surface area contributed by atoms with E-state index in [2.05, 4.69) is 41.4 Å². The van der Waals surface area contributed by atoms with Crippen molar-refractivity contribution in [1.82, 2.24) is 5.32 Å². The first kappa shape index (κ1) is 13.7. The third-order valence-electron chi connectivity index (χ3n) is 4.87. The van der Waals surface area contributed by atoms with Gasteiger partial charge in [-0.1, -0.05) is 19.1 Å². The van der Waals surface area contributed by atoms with Gasteiger partial charge in [0.15, 0.2) is 0 Å². The molecule has 0 saturated carbocycles. The second kappa shape index (κ2) is 6.04. The van der Waals surface area contributed by atoms with E-state index in [0.29, 0.717) is 5.41 Å². The van der Waals surface area contributed by atoms with Gasteiger partial charge in [0, 0.05) is 25.0 Å². The van der Waals surface area contributed by atoms with Crippen LogP contribution in [-0.4, -0.2) is 32.8 Å². The van der Waals surface area contributed by atoms with E-state index in [-0.39, 0.29) is 0 Å². The number of nitrogens with one attached hydrogen (secondary N) is 1. The van der Waals surface area contributed by atoms with Gasteiger partial charge in [0.2, 0.25) is 0 Å². The number of anilines is 1. The number of piperidine rings is 1. The Labute approximate surface area is 122 Å². The van der Waals surface area contributed by atoms with E-state index in [0.717, 1.165) is 38.4 Å². The summed E-state index contributed by atoms with van der Waals surface area (Å²) in [6.45, 7) is 7.78. The predicted molar refractivity (Wildman–Crippen MR) is 83.6 cm³/mol. The lowest BCUT2D eigenvalue weighted by Crippen LogP contribution is -2.47. The Kier molecular flexibility index (Phi) is 4.16. The molecule has 2 aliphatic heterocycles. The zero-order valence-electron chi connectivity index (χ0n) is 12.5. The number of para-hydroxylation sites is 2. The average Bonchev–Trinajstić information content (AvgIpc) is 2.71. The lowest BCUT2D eigenvalue weighted by Gasteiger charge is -2.41. The van der Waals surface area contributed by atoms with Crippen molar-refractivity contribution >= 4 is 5.69 Å². The monoisotopic (exact) mass is 274 g/mol. The highest BCUT2D eigenvalue weighted by molar-refractivity contribution is 5.59. The summed E-state index contributed by atoms with van der Waals surface area (Å²) in [6, 6.07) is 8.50. The van der Waals surface area contributed by atoms with Crippen LogP contribution in [0.1, 0.15) is 32.6 Å². The van der Waals surface area contributed by atoms with Crippen LogP contribution in [0.2, 0.25) is 0 Å². The van der Waals surface area contributed by atoms with Crippen molar-refractivity contribution in [1.29, 1.82) is 0 Å². The first-order valence-corrected chi connectivity index (χ1v) is 8.00. The smallest absolute Gasteiger partial charge is 0.142 e. The van der Waals surface area contributed by atoms with Crippen molar-refractivity contribution in [3.8, 4) is 5.75 Å². The highest BCUT2D eigenvalue weighted by Crippen LogP contribution is 2.36. The van der Waals surface area contributed by atoms with Gasteiger partial charge < -0.3 is 15.0 Å². The van der Waals surface area contributed by atoms with E-state index in [1.807, 2.05) is 0 Å². The molecule has 1 aromatic rings. The van der Waals surface area contributed by atoms with Gasteiger partial charge in [-0.3, -0.25) is 0 Å². The Bertz CT molecular complexity index is 440. The largest absolute Gasteiger partial charge is 0.491 e. The van der Waals surface area contributed by atoms with Crippen LogP contribution in [0.25, 0.3) is 0 Å². The van der Waals surface area contributed by atoms with Crippen molar-refractivity contribution < 1.29 is 4.74 Å². The minimum atomic E-state index is 0.426. The zero-order chi connectivity index (χ0) is 13.8. The van der Waals surface area contributed by atoms with Crippen LogP contribution in [0.15, 0.2) is 24.3 Å². The maximum atomic E-state index is 5.88. The van der Waals surface area contributed by atoms with Crippen LogP contribution in [0, 0.1) is 5.41 Å². The van der Waals surface area contributed by atoms with Crippen molar-refractivity contribution in [2.24, 2.45) is 5.41 Å². The van der Waals surface area contributed by atoms with Gasteiger partial charge in [-0.25, -0.2) is 0 Å². The maximum Gasteiger partial charge on any atom is 0.142 e. The third kappa shape index (κ3) is 2.78. The molecule has 1 fully saturated rings. The second-order valence-electron chi connectivity index (χ2n) is 6.23. The van der Waals surface area contributed by atoms with Gasteiger partial charge in [0.1, 0.15) is 5.75 Å². The number of benzene rings is 1. The summed E-state index contributed by atoms with van der Waals surface area (Å²) in [5, 5.41) is 3.60. The summed E-state index contributed by atoms with van der Waals surface area (Å²) in [5.41, 5.74) is 1.71. The Morgan fingerprint density at radius 3 is 3.00 bits per heavy atom. The maximum absolute atomic E-state index is 5.88. The molecule has 1 N–H and O–H groups in total. The van der Waals surface area contributed by atoms with E-state index < -0.39 is 0 Å². The molecule has 0 radical (unpaired) electrons. The molecule has 0 amide bonds. The van der Waals surface area contributed by atoms with Crippen LogP contribution in [0.4, 0.5) is 5.69 Å². The molecule has 3 rings (SSSR count). The molecule has 3 nitrogen and oxygen atoms in total. The highest BCUT2D eigenvalue weighted by atomic mass is 16.5. The van der Waals surface area contributed by atoms with Crippen LogP contribution < -0.4 is 15.0 Å². The normalized spacial score (nSPS) is 26.6. The van der Waals surface area contributed by atoms with Gasteiger partial charge in [-0.2, -0.15) is 0 Å². The topological polar surface area (TPSA) is 24.5 Å². The molecule has 1 atom stereocenters. The first-order chi connectivity index (χ1) is 9.83. The van der Waals surface area contributed by atoms with Crippen molar-refractivity contribution in [3.63, 3.8) is 0 Å². The molecule has 1 unspecified atom stereocenters. The van der Waals surface area contributed by atoms with Gasteiger partial charge in [0.25, 0.3) is 0 Å². The van der Waals surface area contributed by atoms with Crippen LogP contribution in [-0.2, 0) is 0 Å². The fourth-order valence-corrected chi connectivity index (χ4v) is 3.55. The second-order valence-corrected chi connectivity index (χ2v) is 6.23. The molecule has 1 saturated heterocycles. The van der Waals surface area contributed by atoms with Crippen LogP contribution in [0.5, 0.6) is 5.75 Å². The third-order valence-corrected chi connectivity index (χ3v) is 4.87. The van der Waals surface area contributed by atoms with Gasteiger partial charge in [-0.05, 0) is 44.4 Å². The fourth-order valence-electron chi connectivity index (χ4n) is 3.55. The summed E-state index contributed by atoms with van der Waals surface area (Å²) in [7, 11) is 0. The average molecular weight is 274 g/mol. The number of nitrogens with zero attached hydrogens (tertiary/aromatic N) is 1. The molecule has 0 bridgehead atoms. The minimum absolute atomic E-state index is 0.426. The molecule has 3 heteroatoms. The number of hydrogen-bond donors (Lipinski definition) is 1. The lowest BCUT2D eigenvalue weighted by atomic mass is 9.77. The SMILES string of the molecule is CCC1(CN2CCCOc3ccccc32)CCCNC1. The van der Waals surface area contributed by atoms with E-state index in [1.54, 1.807) is 0 Å². The zero-order valence-corrected chi connectivity index (χ0v) is 12.5. The quantitative estimate of drug-likeness (QED) is 0.917. The Hall–Kier alpha value is -1.22. The highest BCUT2D eigenvalue weighted by Gasteiger charge is 2.33. The summed E-state index contributed by atoms with van der Waals surface area (Å²) in [5.74, 6) is 1.06. The van der Waals surface area contributed by atoms with E-state index >= 15 is 0 Å². The van der Waals surface area contributed by atoms with Gasteiger partial charge >= 0.3 is 0 Å². The fraction of sp³-hybridized carbons (Fsp3) is 0.647. The van der Waals surface area contributed by atoms with E-state index in [1.165, 1.54) is 31.5 Å². The Balaban J connectivity index is 1.82. The molecule has 0 spiro atoms. The summed E-state index contributed by atoms with van der Waals surface area (Å²) >= 11 is 0. The van der Waals surface area contributed by atoms with Crippen LogP contribution >= 0.6 is 0 Å². The summed E-state index contributed by atoms with van der Waals surface area (Å²) in [4.78, 5) is 2.55. The molecular weight excluding hydrogens is 248 g/mol. The van der Waals surface area contributed by atoms with Crippen molar-refractivity contribution in [2.75, 3.05) is 37.7 Å². The molecule has 0 aliphatic carbocycles. The molecule has 2 aliphatic rings. The first-order valence-electron chi connectivity index (χ1n) is 8.00. The standard InChI is InChI=1S/C17H26N2O/c1-2-17(9-5-10-18-13-17)14-19-11-6-12-20-16-8-4-3-7-15(16)19/h3-4,7-8,18H,2,5-6,9-14H2,1H3. The summed E-state index contributed by atoms with van der Waals surface area (Å²) < 4.78 is 5.88. The van der Waals surface area contributed by atoms with Gasteiger partial charge in [0.05, 0.1) is 12.3 Å². The number of hydrogen-bond acceptors (Lipinski definition) is 3. The molecule has 2 heterocycles. The number of rotatable bonds is 3.